The standard InChI is InChI=1S/C21H19F6N3O/c1-13(19(31)29(2)3)30(12-14-4-7-16(8-5-14)20(22,23)24)17-9-6-15(11-28)18(10-17)21(25,26)27/h4-10,13H,12H2,1-3H3/t13-/m0/s1. The Kier molecular flexibility index (Phi) is 6.89. The van der Waals surface area contributed by atoms with Crippen LogP contribution in [0.4, 0.5) is 32.0 Å². The van der Waals surface area contributed by atoms with Crippen LogP contribution in [-0.4, -0.2) is 30.9 Å². The molecule has 1 amide bonds. The Labute approximate surface area is 175 Å². The number of hydrogen-bond donors (Lipinski definition) is 0. The van der Waals surface area contributed by atoms with Crippen LogP contribution in [0.2, 0.25) is 0 Å². The van der Waals surface area contributed by atoms with E-state index in [1.165, 1.54) is 55.1 Å². The van der Waals surface area contributed by atoms with Crippen molar-refractivity contribution in [2.24, 2.45) is 0 Å². The normalized spacial score (nSPS) is 12.8. The van der Waals surface area contributed by atoms with Crippen molar-refractivity contribution in [2.75, 3.05) is 19.0 Å². The molecule has 10 heteroatoms. The van der Waals surface area contributed by atoms with Crippen LogP contribution in [0.15, 0.2) is 42.5 Å². The summed E-state index contributed by atoms with van der Waals surface area (Å²) in [6.07, 6.45) is -9.32. The van der Waals surface area contributed by atoms with E-state index < -0.39 is 41.0 Å². The summed E-state index contributed by atoms with van der Waals surface area (Å²) in [6, 6.07) is 7.75. The molecule has 0 aliphatic carbocycles. The Morgan fingerprint density at radius 3 is 2.03 bits per heavy atom. The maximum Gasteiger partial charge on any atom is 0.417 e. The molecule has 0 bridgehead atoms. The first-order valence-corrected chi connectivity index (χ1v) is 9.01. The molecular formula is C21H19F6N3O. The number of alkyl halides is 6. The molecule has 2 rings (SSSR count). The van der Waals surface area contributed by atoms with Gasteiger partial charge in [0.15, 0.2) is 0 Å². The van der Waals surface area contributed by atoms with Crippen LogP contribution >= 0.6 is 0 Å². The van der Waals surface area contributed by atoms with Gasteiger partial charge < -0.3 is 9.80 Å². The molecule has 31 heavy (non-hydrogen) atoms. The van der Waals surface area contributed by atoms with Crippen LogP contribution in [0.5, 0.6) is 0 Å². The fraction of sp³-hybridized carbons (Fsp3) is 0.333. The van der Waals surface area contributed by atoms with Gasteiger partial charge in [-0.25, -0.2) is 0 Å². The zero-order chi connectivity index (χ0) is 23.6. The lowest BCUT2D eigenvalue weighted by molar-refractivity contribution is -0.138. The zero-order valence-electron chi connectivity index (χ0n) is 16.8. The first-order chi connectivity index (χ1) is 14.3. The number of carbonyl (C=O) groups excluding carboxylic acids is 1. The predicted octanol–water partition coefficient (Wildman–Crippen LogP) is 5.08. The van der Waals surface area contributed by atoms with Gasteiger partial charge in [-0.1, -0.05) is 12.1 Å². The van der Waals surface area contributed by atoms with E-state index in [2.05, 4.69) is 0 Å². The minimum atomic E-state index is -4.80. The number of carbonyl (C=O) groups is 1. The van der Waals surface area contributed by atoms with Gasteiger partial charge in [-0.05, 0) is 42.8 Å². The van der Waals surface area contributed by atoms with Crippen molar-refractivity contribution in [3.05, 3.63) is 64.7 Å². The number of nitrogens with zero attached hydrogens (tertiary/aromatic N) is 3. The van der Waals surface area contributed by atoms with Crippen molar-refractivity contribution >= 4 is 11.6 Å². The second-order valence-electron chi connectivity index (χ2n) is 7.07. The fourth-order valence-electron chi connectivity index (χ4n) is 3.00. The largest absolute Gasteiger partial charge is 0.417 e. The topological polar surface area (TPSA) is 47.3 Å². The minimum absolute atomic E-state index is 0.00826. The molecule has 1 atom stereocenters. The van der Waals surface area contributed by atoms with Gasteiger partial charge in [0, 0.05) is 26.3 Å². The molecule has 0 aliphatic heterocycles. The summed E-state index contributed by atoms with van der Waals surface area (Å²) in [7, 11) is 2.96. The van der Waals surface area contributed by atoms with E-state index in [4.69, 9.17) is 5.26 Å². The molecule has 4 nitrogen and oxygen atoms in total. The molecule has 0 heterocycles. The predicted molar refractivity (Wildman–Crippen MR) is 102 cm³/mol. The average Bonchev–Trinajstić information content (AvgIpc) is 2.69. The highest BCUT2D eigenvalue weighted by Crippen LogP contribution is 2.35. The number of nitriles is 1. The van der Waals surface area contributed by atoms with E-state index in [-0.39, 0.29) is 12.2 Å². The summed E-state index contributed by atoms with van der Waals surface area (Å²) in [5, 5.41) is 8.99. The van der Waals surface area contributed by atoms with Crippen LogP contribution in [0.3, 0.4) is 0 Å². The van der Waals surface area contributed by atoms with E-state index >= 15 is 0 Å². The number of likely N-dealkylation sites (N-methyl/N-ethyl adjacent to an activating group) is 1. The number of benzene rings is 2. The van der Waals surface area contributed by atoms with Crippen molar-refractivity contribution in [1.29, 1.82) is 5.26 Å². The molecule has 0 spiro atoms. The monoisotopic (exact) mass is 443 g/mol. The average molecular weight is 443 g/mol. The highest BCUT2D eigenvalue weighted by atomic mass is 19.4. The van der Waals surface area contributed by atoms with Gasteiger partial charge in [0.2, 0.25) is 5.91 Å². The van der Waals surface area contributed by atoms with Gasteiger partial charge in [0.1, 0.15) is 6.04 Å². The van der Waals surface area contributed by atoms with Crippen LogP contribution in [-0.2, 0) is 23.7 Å². The van der Waals surface area contributed by atoms with E-state index in [1.54, 1.807) is 0 Å². The third-order valence-corrected chi connectivity index (χ3v) is 4.66. The van der Waals surface area contributed by atoms with Crippen molar-refractivity contribution in [2.45, 2.75) is 31.9 Å². The molecule has 0 unspecified atom stereocenters. The molecule has 0 fully saturated rings. The zero-order valence-corrected chi connectivity index (χ0v) is 16.8. The molecule has 0 aromatic heterocycles. The highest BCUT2D eigenvalue weighted by molar-refractivity contribution is 5.84. The summed E-state index contributed by atoms with van der Waals surface area (Å²) in [5.41, 5.74) is -2.22. The third-order valence-electron chi connectivity index (χ3n) is 4.66. The molecule has 2 aromatic rings. The number of anilines is 1. The summed E-state index contributed by atoms with van der Waals surface area (Å²) >= 11 is 0. The molecule has 0 saturated carbocycles. The second kappa shape index (κ2) is 8.88. The summed E-state index contributed by atoms with van der Waals surface area (Å²) in [6.45, 7) is 1.36. The summed E-state index contributed by atoms with van der Waals surface area (Å²) in [5.74, 6) is -0.412. The van der Waals surface area contributed by atoms with Crippen LogP contribution in [0, 0.1) is 11.3 Å². The maximum absolute atomic E-state index is 13.4. The fourth-order valence-corrected chi connectivity index (χ4v) is 3.00. The van der Waals surface area contributed by atoms with Crippen molar-refractivity contribution in [3.8, 4) is 6.07 Å². The summed E-state index contributed by atoms with van der Waals surface area (Å²) < 4.78 is 78.6. The number of amides is 1. The second-order valence-corrected chi connectivity index (χ2v) is 7.07. The number of rotatable bonds is 5. The number of halogens is 6. The van der Waals surface area contributed by atoms with Gasteiger partial charge in [-0.2, -0.15) is 31.6 Å². The first kappa shape index (κ1) is 24.1. The van der Waals surface area contributed by atoms with Crippen molar-refractivity contribution < 1.29 is 31.1 Å². The maximum atomic E-state index is 13.4. The molecular weight excluding hydrogens is 424 g/mol. The van der Waals surface area contributed by atoms with E-state index in [9.17, 15) is 31.1 Å². The Balaban J connectivity index is 2.52. The van der Waals surface area contributed by atoms with Crippen LogP contribution < -0.4 is 4.90 Å². The van der Waals surface area contributed by atoms with Crippen molar-refractivity contribution in [3.63, 3.8) is 0 Å². The Hall–Kier alpha value is -3.22. The van der Waals surface area contributed by atoms with E-state index in [0.29, 0.717) is 5.56 Å². The van der Waals surface area contributed by atoms with Crippen molar-refractivity contribution in [1.82, 2.24) is 4.90 Å². The highest BCUT2D eigenvalue weighted by Gasteiger charge is 2.35. The Morgan fingerprint density at radius 2 is 1.58 bits per heavy atom. The van der Waals surface area contributed by atoms with Gasteiger partial charge in [-0.15, -0.1) is 0 Å². The molecule has 166 valence electrons. The van der Waals surface area contributed by atoms with Crippen LogP contribution in [0.25, 0.3) is 0 Å². The van der Waals surface area contributed by atoms with Gasteiger partial charge in [0.25, 0.3) is 0 Å². The Bertz CT molecular complexity index is 975. The lowest BCUT2D eigenvalue weighted by Gasteiger charge is -2.32. The molecule has 0 radical (unpaired) electrons. The smallest absolute Gasteiger partial charge is 0.355 e. The van der Waals surface area contributed by atoms with E-state index in [0.717, 1.165) is 24.3 Å². The Morgan fingerprint density at radius 1 is 1.00 bits per heavy atom. The SMILES string of the molecule is C[C@@H](C(=O)N(C)C)N(Cc1ccc(C(F)(F)F)cc1)c1ccc(C#N)c(C(F)(F)F)c1. The molecule has 0 saturated heterocycles. The lowest BCUT2D eigenvalue weighted by Crippen LogP contribution is -2.44. The lowest BCUT2D eigenvalue weighted by atomic mass is 10.0. The molecule has 0 aliphatic rings. The third kappa shape index (κ3) is 5.69. The first-order valence-electron chi connectivity index (χ1n) is 9.01. The quantitative estimate of drug-likeness (QED) is 0.606. The van der Waals surface area contributed by atoms with Gasteiger partial charge in [-0.3, -0.25) is 4.79 Å². The van der Waals surface area contributed by atoms with Gasteiger partial charge >= 0.3 is 12.4 Å². The minimum Gasteiger partial charge on any atom is -0.355 e. The summed E-state index contributed by atoms with van der Waals surface area (Å²) in [4.78, 5) is 15.1. The molecule has 2 aromatic carbocycles. The van der Waals surface area contributed by atoms with Gasteiger partial charge in [0.05, 0.1) is 22.8 Å². The molecule has 0 N–H and O–H groups in total. The van der Waals surface area contributed by atoms with E-state index in [1.807, 2.05) is 0 Å². The number of hydrogen-bond acceptors (Lipinski definition) is 3. The van der Waals surface area contributed by atoms with Crippen LogP contribution in [0.1, 0.15) is 29.2 Å².